The second-order valence-electron chi connectivity index (χ2n) is 4.94. The number of piperidine rings is 1. The minimum absolute atomic E-state index is 0.236. The van der Waals surface area contributed by atoms with Crippen LogP contribution in [0.1, 0.15) is 35.7 Å². The zero-order valence-corrected chi connectivity index (χ0v) is 10.8. The number of benzene rings is 1. The zero-order valence-electron chi connectivity index (χ0n) is 10.8. The molecule has 2 nitrogen and oxygen atoms in total. The quantitative estimate of drug-likeness (QED) is 0.745. The second kappa shape index (κ2) is 5.46. The van der Waals surface area contributed by atoms with E-state index in [4.69, 9.17) is 0 Å². The fraction of sp³-hybridized carbons (Fsp3) is 0.533. The third kappa shape index (κ3) is 2.95. The summed E-state index contributed by atoms with van der Waals surface area (Å²) in [4.78, 5) is 14.7. The number of hydrogen-bond acceptors (Lipinski definition) is 2. The Kier molecular flexibility index (Phi) is 3.95. The summed E-state index contributed by atoms with van der Waals surface area (Å²) in [6.45, 7) is 7.46. The Morgan fingerprint density at radius 3 is 2.65 bits per heavy atom. The van der Waals surface area contributed by atoms with Crippen molar-refractivity contribution in [3.8, 4) is 0 Å². The molecule has 0 bridgehead atoms. The Morgan fingerprint density at radius 1 is 1.35 bits per heavy atom. The molecule has 92 valence electrons. The highest BCUT2D eigenvalue weighted by Crippen LogP contribution is 2.21. The molecule has 0 spiro atoms. The van der Waals surface area contributed by atoms with Crippen LogP contribution in [0.4, 0.5) is 0 Å². The van der Waals surface area contributed by atoms with Gasteiger partial charge in [0.1, 0.15) is 0 Å². The second-order valence-corrected chi connectivity index (χ2v) is 4.94. The van der Waals surface area contributed by atoms with E-state index in [1.807, 2.05) is 31.2 Å². The Labute approximate surface area is 104 Å². The van der Waals surface area contributed by atoms with Gasteiger partial charge < -0.3 is 4.90 Å². The summed E-state index contributed by atoms with van der Waals surface area (Å²) in [5, 5.41) is 0. The number of Topliss-reactive ketones (excluding diaryl/α,β-unsaturated/α-hetero) is 1. The molecule has 1 aliphatic heterocycles. The molecule has 1 heterocycles. The molecule has 0 saturated carbocycles. The van der Waals surface area contributed by atoms with Gasteiger partial charge in [0.05, 0.1) is 0 Å². The van der Waals surface area contributed by atoms with Crippen LogP contribution >= 0.6 is 0 Å². The SMILES string of the molecule is CCN1CCC(C(=O)c2cccc(C)c2)CC1. The van der Waals surface area contributed by atoms with Crippen molar-refractivity contribution >= 4 is 5.78 Å². The lowest BCUT2D eigenvalue weighted by Crippen LogP contribution is -2.36. The number of hydrogen-bond donors (Lipinski definition) is 0. The highest BCUT2D eigenvalue weighted by atomic mass is 16.1. The topological polar surface area (TPSA) is 20.3 Å². The van der Waals surface area contributed by atoms with Crippen LogP contribution in [-0.4, -0.2) is 30.3 Å². The molecule has 1 aromatic carbocycles. The van der Waals surface area contributed by atoms with Crippen molar-refractivity contribution in [1.29, 1.82) is 0 Å². The Balaban J connectivity index is 2.02. The van der Waals surface area contributed by atoms with Gasteiger partial charge in [-0.2, -0.15) is 0 Å². The smallest absolute Gasteiger partial charge is 0.166 e. The molecule has 17 heavy (non-hydrogen) atoms. The molecule has 1 fully saturated rings. The molecule has 2 rings (SSSR count). The van der Waals surface area contributed by atoms with Crippen LogP contribution in [0.25, 0.3) is 0 Å². The maximum Gasteiger partial charge on any atom is 0.166 e. The number of carbonyl (C=O) groups is 1. The van der Waals surface area contributed by atoms with E-state index in [9.17, 15) is 4.79 Å². The summed E-state index contributed by atoms with van der Waals surface area (Å²) >= 11 is 0. The first kappa shape index (κ1) is 12.3. The Bertz CT molecular complexity index is 392. The first-order chi connectivity index (χ1) is 8.20. The molecule has 1 aliphatic rings. The van der Waals surface area contributed by atoms with Gasteiger partial charge in [-0.15, -0.1) is 0 Å². The predicted octanol–water partition coefficient (Wildman–Crippen LogP) is 2.91. The summed E-state index contributed by atoms with van der Waals surface area (Å²) in [7, 11) is 0. The fourth-order valence-electron chi connectivity index (χ4n) is 2.55. The monoisotopic (exact) mass is 231 g/mol. The maximum absolute atomic E-state index is 12.3. The van der Waals surface area contributed by atoms with Gasteiger partial charge in [-0.3, -0.25) is 4.79 Å². The van der Waals surface area contributed by atoms with Crippen molar-refractivity contribution in [3.63, 3.8) is 0 Å². The summed E-state index contributed by atoms with van der Waals surface area (Å²) in [5.74, 6) is 0.573. The molecule has 0 aromatic heterocycles. The van der Waals surface area contributed by atoms with Crippen molar-refractivity contribution in [2.75, 3.05) is 19.6 Å². The van der Waals surface area contributed by atoms with Crippen molar-refractivity contribution < 1.29 is 4.79 Å². The third-order valence-corrected chi connectivity index (χ3v) is 3.71. The van der Waals surface area contributed by atoms with Gasteiger partial charge in [0.25, 0.3) is 0 Å². The van der Waals surface area contributed by atoms with E-state index in [-0.39, 0.29) is 5.92 Å². The molecule has 0 aliphatic carbocycles. The first-order valence-electron chi connectivity index (χ1n) is 6.54. The largest absolute Gasteiger partial charge is 0.304 e. The predicted molar refractivity (Wildman–Crippen MR) is 70.3 cm³/mol. The molecule has 1 aromatic rings. The van der Waals surface area contributed by atoms with Crippen LogP contribution in [0.15, 0.2) is 24.3 Å². The average Bonchev–Trinajstić information content (AvgIpc) is 2.38. The highest BCUT2D eigenvalue weighted by Gasteiger charge is 2.24. The lowest BCUT2D eigenvalue weighted by molar-refractivity contribution is 0.0844. The van der Waals surface area contributed by atoms with Gasteiger partial charge in [0.15, 0.2) is 5.78 Å². The minimum atomic E-state index is 0.236. The van der Waals surface area contributed by atoms with Crippen molar-refractivity contribution in [1.82, 2.24) is 4.90 Å². The van der Waals surface area contributed by atoms with Crippen LogP contribution in [-0.2, 0) is 0 Å². The summed E-state index contributed by atoms with van der Waals surface area (Å²) in [6.07, 6.45) is 2.03. The standard InChI is InChI=1S/C15H21NO/c1-3-16-9-7-13(8-10-16)15(17)14-6-4-5-12(2)11-14/h4-6,11,13H,3,7-10H2,1-2H3. The number of aryl methyl sites for hydroxylation is 1. The van der Waals surface area contributed by atoms with E-state index in [1.54, 1.807) is 0 Å². The number of rotatable bonds is 3. The van der Waals surface area contributed by atoms with Crippen LogP contribution in [0.5, 0.6) is 0 Å². The normalized spacial score (nSPS) is 18.2. The van der Waals surface area contributed by atoms with Gasteiger partial charge in [-0.05, 0) is 45.5 Å². The van der Waals surface area contributed by atoms with Gasteiger partial charge in [-0.25, -0.2) is 0 Å². The number of ketones is 1. The third-order valence-electron chi connectivity index (χ3n) is 3.71. The molecule has 1 saturated heterocycles. The molecular formula is C15H21NO. The molecule has 0 atom stereocenters. The highest BCUT2D eigenvalue weighted by molar-refractivity contribution is 5.98. The lowest BCUT2D eigenvalue weighted by Gasteiger charge is -2.30. The maximum atomic E-state index is 12.3. The van der Waals surface area contributed by atoms with Crippen LogP contribution in [0.3, 0.4) is 0 Å². The van der Waals surface area contributed by atoms with Crippen molar-refractivity contribution in [2.45, 2.75) is 26.7 Å². The number of carbonyl (C=O) groups excluding carboxylic acids is 1. The van der Waals surface area contributed by atoms with Crippen LogP contribution in [0, 0.1) is 12.8 Å². The molecule has 2 heteroatoms. The first-order valence-corrected chi connectivity index (χ1v) is 6.54. The Hall–Kier alpha value is -1.15. The van der Waals surface area contributed by atoms with E-state index in [0.29, 0.717) is 5.78 Å². The van der Waals surface area contributed by atoms with Crippen LogP contribution < -0.4 is 0 Å². The molecule has 0 radical (unpaired) electrons. The summed E-state index contributed by atoms with van der Waals surface area (Å²) in [5.41, 5.74) is 2.06. The van der Waals surface area contributed by atoms with Crippen LogP contribution in [0.2, 0.25) is 0 Å². The van der Waals surface area contributed by atoms with E-state index in [1.165, 1.54) is 5.56 Å². The van der Waals surface area contributed by atoms with E-state index < -0.39 is 0 Å². The summed E-state index contributed by atoms with van der Waals surface area (Å²) < 4.78 is 0. The average molecular weight is 231 g/mol. The Morgan fingerprint density at radius 2 is 2.06 bits per heavy atom. The van der Waals surface area contributed by atoms with Crippen molar-refractivity contribution in [2.24, 2.45) is 5.92 Å². The van der Waals surface area contributed by atoms with E-state index in [0.717, 1.165) is 38.0 Å². The lowest BCUT2D eigenvalue weighted by atomic mass is 9.88. The zero-order chi connectivity index (χ0) is 12.3. The molecule has 0 amide bonds. The number of likely N-dealkylation sites (tertiary alicyclic amines) is 1. The molecule has 0 unspecified atom stereocenters. The minimum Gasteiger partial charge on any atom is -0.304 e. The van der Waals surface area contributed by atoms with Gasteiger partial charge in [0, 0.05) is 11.5 Å². The van der Waals surface area contributed by atoms with Crippen molar-refractivity contribution in [3.05, 3.63) is 35.4 Å². The number of nitrogens with zero attached hydrogens (tertiary/aromatic N) is 1. The molecule has 0 N–H and O–H groups in total. The summed E-state index contributed by atoms with van der Waals surface area (Å²) in [6, 6.07) is 7.97. The van der Waals surface area contributed by atoms with Gasteiger partial charge in [-0.1, -0.05) is 30.7 Å². The van der Waals surface area contributed by atoms with E-state index >= 15 is 0 Å². The molecular weight excluding hydrogens is 210 g/mol. The van der Waals surface area contributed by atoms with E-state index in [2.05, 4.69) is 11.8 Å². The van der Waals surface area contributed by atoms with Gasteiger partial charge >= 0.3 is 0 Å². The van der Waals surface area contributed by atoms with Gasteiger partial charge in [0.2, 0.25) is 0 Å². The fourth-order valence-corrected chi connectivity index (χ4v) is 2.55.